The van der Waals surface area contributed by atoms with Gasteiger partial charge in [0.1, 0.15) is 23.5 Å². The molecule has 0 bridgehead atoms. The van der Waals surface area contributed by atoms with Crippen molar-refractivity contribution in [3.63, 3.8) is 0 Å². The van der Waals surface area contributed by atoms with Crippen LogP contribution in [0.4, 0.5) is 5.82 Å². The molecule has 0 spiro atoms. The first-order valence-electron chi connectivity index (χ1n) is 9.79. The molecule has 0 aromatic carbocycles. The van der Waals surface area contributed by atoms with Crippen molar-refractivity contribution in [2.24, 2.45) is 11.8 Å². The highest BCUT2D eigenvalue weighted by atomic mass is 16.2. The van der Waals surface area contributed by atoms with Gasteiger partial charge >= 0.3 is 0 Å². The van der Waals surface area contributed by atoms with Gasteiger partial charge in [0.25, 0.3) is 5.91 Å². The fraction of sp³-hybridized carbons (Fsp3) is 0.429. The summed E-state index contributed by atoms with van der Waals surface area (Å²) in [6.07, 6.45) is 3.57. The number of hydrogen-bond acceptors (Lipinski definition) is 5. The minimum Gasteiger partial charge on any atom is -0.356 e. The number of imidazole rings is 1. The van der Waals surface area contributed by atoms with Gasteiger partial charge < -0.3 is 9.80 Å². The van der Waals surface area contributed by atoms with E-state index in [1.165, 1.54) is 0 Å². The molecule has 5 rings (SSSR count). The highest BCUT2D eigenvalue weighted by Gasteiger charge is 2.43. The largest absolute Gasteiger partial charge is 0.356 e. The van der Waals surface area contributed by atoms with Crippen LogP contribution in [0.25, 0.3) is 5.65 Å². The lowest BCUT2D eigenvalue weighted by Crippen LogP contribution is -2.34. The van der Waals surface area contributed by atoms with Gasteiger partial charge in [0, 0.05) is 55.5 Å². The molecule has 0 N–H and O–H groups in total. The number of aryl methyl sites for hydroxylation is 2. The van der Waals surface area contributed by atoms with E-state index in [1.807, 2.05) is 47.5 Å². The van der Waals surface area contributed by atoms with Crippen LogP contribution < -0.4 is 4.90 Å². The van der Waals surface area contributed by atoms with Gasteiger partial charge in [0.2, 0.25) is 0 Å². The fourth-order valence-electron chi connectivity index (χ4n) is 4.70. The van der Waals surface area contributed by atoms with Crippen LogP contribution in [0, 0.1) is 32.6 Å². The maximum absolute atomic E-state index is 13.3. The first-order chi connectivity index (χ1) is 13.5. The molecular formula is C21H24N6O. The molecule has 2 aliphatic heterocycles. The molecule has 1 amide bonds. The maximum Gasteiger partial charge on any atom is 0.272 e. The molecule has 5 heterocycles. The molecule has 2 fully saturated rings. The van der Waals surface area contributed by atoms with Crippen LogP contribution in [0.2, 0.25) is 0 Å². The monoisotopic (exact) mass is 376 g/mol. The second-order valence-corrected chi connectivity index (χ2v) is 8.02. The smallest absolute Gasteiger partial charge is 0.272 e. The number of amides is 1. The van der Waals surface area contributed by atoms with Crippen molar-refractivity contribution in [2.75, 3.05) is 31.1 Å². The first kappa shape index (κ1) is 17.2. The summed E-state index contributed by atoms with van der Waals surface area (Å²) in [4.78, 5) is 31.0. The Kier molecular flexibility index (Phi) is 3.86. The first-order valence-corrected chi connectivity index (χ1v) is 9.79. The molecule has 28 heavy (non-hydrogen) atoms. The van der Waals surface area contributed by atoms with Crippen LogP contribution in [0.3, 0.4) is 0 Å². The van der Waals surface area contributed by atoms with Crippen LogP contribution in [-0.4, -0.2) is 56.3 Å². The second kappa shape index (κ2) is 6.29. The van der Waals surface area contributed by atoms with Crippen LogP contribution in [0.15, 0.2) is 30.7 Å². The van der Waals surface area contributed by atoms with Crippen molar-refractivity contribution in [3.8, 4) is 0 Å². The van der Waals surface area contributed by atoms with Crippen LogP contribution in [-0.2, 0) is 0 Å². The number of rotatable bonds is 2. The van der Waals surface area contributed by atoms with Crippen LogP contribution in [0.5, 0.6) is 0 Å². The Morgan fingerprint density at radius 2 is 1.75 bits per heavy atom. The Bertz CT molecular complexity index is 1060. The van der Waals surface area contributed by atoms with E-state index in [4.69, 9.17) is 0 Å². The van der Waals surface area contributed by atoms with Crippen molar-refractivity contribution in [3.05, 3.63) is 53.4 Å². The zero-order chi connectivity index (χ0) is 19.4. The Hall–Kier alpha value is -2.96. The van der Waals surface area contributed by atoms with E-state index in [9.17, 15) is 4.79 Å². The number of hydrogen-bond donors (Lipinski definition) is 0. The Morgan fingerprint density at radius 3 is 2.50 bits per heavy atom. The molecule has 2 unspecified atom stereocenters. The molecule has 2 saturated heterocycles. The normalized spacial score (nSPS) is 21.5. The highest BCUT2D eigenvalue weighted by Crippen LogP contribution is 2.35. The Balaban J connectivity index is 1.35. The summed E-state index contributed by atoms with van der Waals surface area (Å²) in [7, 11) is 0. The van der Waals surface area contributed by atoms with E-state index >= 15 is 0 Å². The average molecular weight is 376 g/mol. The third-order valence-corrected chi connectivity index (χ3v) is 6.29. The van der Waals surface area contributed by atoms with Crippen molar-refractivity contribution >= 4 is 17.4 Å². The summed E-state index contributed by atoms with van der Waals surface area (Å²) in [5.41, 5.74) is 4.49. The molecule has 2 aliphatic rings. The summed E-state index contributed by atoms with van der Waals surface area (Å²) >= 11 is 0. The average Bonchev–Trinajstić information content (AvgIpc) is 3.33. The number of pyridine rings is 1. The van der Waals surface area contributed by atoms with Gasteiger partial charge in [0.15, 0.2) is 0 Å². The molecular weight excluding hydrogens is 352 g/mol. The zero-order valence-corrected chi connectivity index (χ0v) is 16.5. The van der Waals surface area contributed by atoms with Gasteiger partial charge in [-0.2, -0.15) is 0 Å². The highest BCUT2D eigenvalue weighted by molar-refractivity contribution is 5.95. The molecule has 2 atom stereocenters. The topological polar surface area (TPSA) is 66.6 Å². The second-order valence-electron chi connectivity index (χ2n) is 8.02. The molecule has 0 radical (unpaired) electrons. The predicted molar refractivity (Wildman–Crippen MR) is 107 cm³/mol. The van der Waals surface area contributed by atoms with Crippen LogP contribution >= 0.6 is 0 Å². The SMILES string of the molecule is Cc1ncnc(N2CC3CN(C(=O)c4c(C)nc5ccccn45)CC3C2)c1C. The molecule has 7 nitrogen and oxygen atoms in total. The third-order valence-electron chi connectivity index (χ3n) is 6.29. The lowest BCUT2D eigenvalue weighted by atomic mass is 10.0. The molecule has 144 valence electrons. The number of anilines is 1. The number of nitrogens with zero attached hydrogens (tertiary/aromatic N) is 6. The lowest BCUT2D eigenvalue weighted by Gasteiger charge is -2.24. The van der Waals surface area contributed by atoms with Crippen molar-refractivity contribution in [1.29, 1.82) is 0 Å². The number of likely N-dealkylation sites (tertiary alicyclic amines) is 1. The van der Waals surface area contributed by atoms with Gasteiger partial charge in [-0.3, -0.25) is 9.20 Å². The van der Waals surface area contributed by atoms with Crippen molar-refractivity contribution in [1.82, 2.24) is 24.3 Å². The van der Waals surface area contributed by atoms with Gasteiger partial charge in [-0.1, -0.05) is 6.07 Å². The molecule has 3 aromatic rings. The molecule has 7 heteroatoms. The quantitative estimate of drug-likeness (QED) is 0.686. The van der Waals surface area contributed by atoms with Crippen molar-refractivity contribution < 1.29 is 4.79 Å². The fourth-order valence-corrected chi connectivity index (χ4v) is 4.70. The summed E-state index contributed by atoms with van der Waals surface area (Å²) < 4.78 is 1.91. The maximum atomic E-state index is 13.3. The van der Waals surface area contributed by atoms with E-state index < -0.39 is 0 Å². The summed E-state index contributed by atoms with van der Waals surface area (Å²) in [5, 5.41) is 0. The number of aromatic nitrogens is 4. The predicted octanol–water partition coefficient (Wildman–Crippen LogP) is 2.26. The minimum atomic E-state index is 0.0891. The van der Waals surface area contributed by atoms with Gasteiger partial charge in [-0.05, 0) is 32.9 Å². The Morgan fingerprint density at radius 1 is 1.00 bits per heavy atom. The zero-order valence-electron chi connectivity index (χ0n) is 16.5. The van der Waals surface area contributed by atoms with Crippen molar-refractivity contribution in [2.45, 2.75) is 20.8 Å². The molecule has 3 aromatic heterocycles. The number of carbonyl (C=O) groups is 1. The van der Waals surface area contributed by atoms with Gasteiger partial charge in [-0.25, -0.2) is 15.0 Å². The summed E-state index contributed by atoms with van der Waals surface area (Å²) in [6, 6.07) is 5.82. The van der Waals surface area contributed by atoms with Gasteiger partial charge in [0.05, 0.1) is 5.69 Å². The third kappa shape index (κ3) is 2.57. The lowest BCUT2D eigenvalue weighted by molar-refractivity contribution is 0.0775. The minimum absolute atomic E-state index is 0.0891. The summed E-state index contributed by atoms with van der Waals surface area (Å²) in [5.74, 6) is 2.10. The standard InChI is InChI=1S/C21H24N6O/c1-13-14(2)22-12-23-20(13)25-8-16-10-26(11-17(16)9-25)21(28)19-15(3)24-18-6-4-5-7-27(18)19/h4-7,12,16-17H,8-11H2,1-3H3. The summed E-state index contributed by atoms with van der Waals surface area (Å²) in [6.45, 7) is 9.50. The molecule has 0 aliphatic carbocycles. The van der Waals surface area contributed by atoms with Gasteiger partial charge in [-0.15, -0.1) is 0 Å². The van der Waals surface area contributed by atoms with E-state index in [2.05, 4.69) is 26.8 Å². The van der Waals surface area contributed by atoms with E-state index in [0.717, 1.165) is 54.6 Å². The molecule has 0 saturated carbocycles. The Labute approximate surface area is 164 Å². The van der Waals surface area contributed by atoms with E-state index in [-0.39, 0.29) is 5.91 Å². The van der Waals surface area contributed by atoms with Crippen LogP contribution in [0.1, 0.15) is 27.4 Å². The number of carbonyl (C=O) groups excluding carboxylic acids is 1. The van der Waals surface area contributed by atoms with E-state index in [0.29, 0.717) is 17.5 Å². The van der Waals surface area contributed by atoms with E-state index in [1.54, 1.807) is 6.33 Å². The number of fused-ring (bicyclic) bond motifs is 2.